The molecule has 0 unspecified atom stereocenters. The van der Waals surface area contributed by atoms with E-state index < -0.39 is 6.04 Å². The van der Waals surface area contributed by atoms with Crippen LogP contribution in [0.5, 0.6) is 0 Å². The smallest absolute Gasteiger partial charge is 0.253 e. The van der Waals surface area contributed by atoms with Crippen LogP contribution in [-0.2, 0) is 11.3 Å². The lowest BCUT2D eigenvalue weighted by Crippen LogP contribution is -2.41. The maximum atomic E-state index is 11.9. The first-order valence-corrected chi connectivity index (χ1v) is 6.71. The summed E-state index contributed by atoms with van der Waals surface area (Å²) in [5.41, 5.74) is 7.24. The highest BCUT2D eigenvalue weighted by Gasteiger charge is 2.16. The second-order valence-electron chi connectivity index (χ2n) is 5.04. The van der Waals surface area contributed by atoms with Crippen molar-refractivity contribution in [1.82, 2.24) is 9.80 Å². The number of hydrogen-bond acceptors (Lipinski definition) is 3. The van der Waals surface area contributed by atoms with E-state index in [-0.39, 0.29) is 11.8 Å². The predicted molar refractivity (Wildman–Crippen MR) is 79.2 cm³/mol. The van der Waals surface area contributed by atoms with E-state index in [0.29, 0.717) is 18.7 Å². The van der Waals surface area contributed by atoms with E-state index in [9.17, 15) is 9.59 Å². The van der Waals surface area contributed by atoms with Crippen molar-refractivity contribution in [2.45, 2.75) is 26.4 Å². The summed E-state index contributed by atoms with van der Waals surface area (Å²) in [7, 11) is 3.44. The normalized spacial score (nSPS) is 11.8. The fourth-order valence-electron chi connectivity index (χ4n) is 1.86. The number of hydrogen-bond donors (Lipinski definition) is 1. The van der Waals surface area contributed by atoms with Crippen LogP contribution >= 0.6 is 0 Å². The van der Waals surface area contributed by atoms with E-state index in [1.54, 1.807) is 38.1 Å². The molecule has 0 saturated heterocycles. The van der Waals surface area contributed by atoms with Gasteiger partial charge < -0.3 is 15.5 Å². The van der Waals surface area contributed by atoms with Crippen molar-refractivity contribution in [3.8, 4) is 0 Å². The Labute approximate surface area is 120 Å². The summed E-state index contributed by atoms with van der Waals surface area (Å²) in [6.45, 7) is 4.72. The number of carbonyl (C=O) groups is 2. The highest BCUT2D eigenvalue weighted by Crippen LogP contribution is 2.09. The van der Waals surface area contributed by atoms with Crippen LogP contribution in [0.15, 0.2) is 24.3 Å². The summed E-state index contributed by atoms with van der Waals surface area (Å²) in [6, 6.07) is 6.80. The van der Waals surface area contributed by atoms with E-state index in [4.69, 9.17) is 5.73 Å². The maximum Gasteiger partial charge on any atom is 0.253 e. The molecule has 2 N–H and O–H groups in total. The molecule has 1 aromatic carbocycles. The van der Waals surface area contributed by atoms with Gasteiger partial charge in [0.25, 0.3) is 5.91 Å². The summed E-state index contributed by atoms with van der Waals surface area (Å²) in [5, 5.41) is 0. The summed E-state index contributed by atoms with van der Waals surface area (Å²) < 4.78 is 0. The maximum absolute atomic E-state index is 11.9. The third-order valence-electron chi connectivity index (χ3n) is 3.06. The van der Waals surface area contributed by atoms with Gasteiger partial charge in [-0.05, 0) is 31.5 Å². The third kappa shape index (κ3) is 4.06. The molecule has 0 radical (unpaired) electrons. The lowest BCUT2D eigenvalue weighted by molar-refractivity contribution is -0.132. The summed E-state index contributed by atoms with van der Waals surface area (Å²) >= 11 is 0. The number of rotatable bonds is 5. The van der Waals surface area contributed by atoms with Crippen LogP contribution < -0.4 is 5.73 Å². The summed E-state index contributed by atoms with van der Waals surface area (Å²) in [5.74, 6) is -0.100. The fraction of sp³-hybridized carbons (Fsp3) is 0.467. The van der Waals surface area contributed by atoms with Gasteiger partial charge >= 0.3 is 0 Å². The number of nitrogens with two attached hydrogens (primary N) is 1. The second-order valence-corrected chi connectivity index (χ2v) is 5.04. The molecule has 0 aliphatic heterocycles. The van der Waals surface area contributed by atoms with Gasteiger partial charge in [0.05, 0.1) is 6.04 Å². The monoisotopic (exact) mass is 277 g/mol. The van der Waals surface area contributed by atoms with Gasteiger partial charge in [0.1, 0.15) is 0 Å². The van der Waals surface area contributed by atoms with Crippen LogP contribution in [0.1, 0.15) is 29.8 Å². The van der Waals surface area contributed by atoms with Crippen molar-refractivity contribution in [3.63, 3.8) is 0 Å². The highest BCUT2D eigenvalue weighted by molar-refractivity contribution is 5.93. The van der Waals surface area contributed by atoms with Gasteiger partial charge in [0.2, 0.25) is 5.91 Å². The Morgan fingerprint density at radius 2 is 1.75 bits per heavy atom. The predicted octanol–water partition coefficient (Wildman–Crippen LogP) is 1.08. The number of carbonyl (C=O) groups excluding carboxylic acids is 2. The van der Waals surface area contributed by atoms with E-state index in [1.807, 2.05) is 19.1 Å². The molecule has 0 bridgehead atoms. The molecule has 20 heavy (non-hydrogen) atoms. The van der Waals surface area contributed by atoms with Crippen molar-refractivity contribution >= 4 is 11.8 Å². The third-order valence-corrected chi connectivity index (χ3v) is 3.06. The lowest BCUT2D eigenvalue weighted by atomic mass is 10.1. The Kier molecular flexibility index (Phi) is 5.70. The minimum atomic E-state index is -0.496. The molecular formula is C15H23N3O2. The average Bonchev–Trinajstić information content (AvgIpc) is 2.43. The number of benzene rings is 1. The van der Waals surface area contributed by atoms with E-state index in [2.05, 4.69) is 0 Å². The van der Waals surface area contributed by atoms with Crippen LogP contribution in [0, 0.1) is 0 Å². The first kappa shape index (κ1) is 16.2. The largest absolute Gasteiger partial charge is 0.345 e. The molecule has 0 saturated carbocycles. The van der Waals surface area contributed by atoms with E-state index >= 15 is 0 Å². The van der Waals surface area contributed by atoms with Crippen LogP contribution in [0.2, 0.25) is 0 Å². The number of amides is 2. The van der Waals surface area contributed by atoms with Gasteiger partial charge in [0.15, 0.2) is 0 Å². The van der Waals surface area contributed by atoms with Crippen LogP contribution in [0.3, 0.4) is 0 Å². The molecule has 0 aliphatic rings. The number of nitrogens with zero attached hydrogens (tertiary/aromatic N) is 2. The van der Waals surface area contributed by atoms with E-state index in [0.717, 1.165) is 5.56 Å². The summed E-state index contributed by atoms with van der Waals surface area (Å²) in [4.78, 5) is 26.9. The SMILES string of the molecule is CCN(Cc1ccc(C(=O)N(C)C)cc1)C(=O)[C@@H](C)N. The van der Waals surface area contributed by atoms with Crippen molar-refractivity contribution in [2.24, 2.45) is 5.73 Å². The lowest BCUT2D eigenvalue weighted by Gasteiger charge is -2.23. The topological polar surface area (TPSA) is 66.6 Å². The van der Waals surface area contributed by atoms with Crippen molar-refractivity contribution < 1.29 is 9.59 Å². The molecule has 0 aromatic heterocycles. The Morgan fingerprint density at radius 3 is 2.15 bits per heavy atom. The van der Waals surface area contributed by atoms with Crippen molar-refractivity contribution in [1.29, 1.82) is 0 Å². The standard InChI is InChI=1S/C15H23N3O2/c1-5-18(14(19)11(2)16)10-12-6-8-13(9-7-12)15(20)17(3)4/h6-9,11H,5,10,16H2,1-4H3/t11-/m1/s1. The summed E-state index contributed by atoms with van der Waals surface area (Å²) in [6.07, 6.45) is 0. The average molecular weight is 277 g/mol. The first-order chi connectivity index (χ1) is 9.36. The van der Waals surface area contributed by atoms with Crippen LogP contribution in [-0.4, -0.2) is 48.3 Å². The molecule has 5 nitrogen and oxygen atoms in total. The molecule has 2 amide bonds. The molecule has 1 aromatic rings. The highest BCUT2D eigenvalue weighted by atomic mass is 16.2. The van der Waals surface area contributed by atoms with E-state index in [1.165, 1.54) is 4.90 Å². The molecule has 110 valence electrons. The van der Waals surface area contributed by atoms with Crippen LogP contribution in [0.4, 0.5) is 0 Å². The van der Waals surface area contributed by atoms with Gasteiger partial charge in [-0.25, -0.2) is 0 Å². The molecule has 0 spiro atoms. The van der Waals surface area contributed by atoms with Crippen molar-refractivity contribution in [2.75, 3.05) is 20.6 Å². The van der Waals surface area contributed by atoms with Gasteiger partial charge in [0, 0.05) is 32.7 Å². The quantitative estimate of drug-likeness (QED) is 0.876. The van der Waals surface area contributed by atoms with Gasteiger partial charge in [-0.2, -0.15) is 0 Å². The van der Waals surface area contributed by atoms with Crippen LogP contribution in [0.25, 0.3) is 0 Å². The fourth-order valence-corrected chi connectivity index (χ4v) is 1.86. The zero-order chi connectivity index (χ0) is 15.3. The Balaban J connectivity index is 2.79. The first-order valence-electron chi connectivity index (χ1n) is 6.71. The van der Waals surface area contributed by atoms with Crippen molar-refractivity contribution in [3.05, 3.63) is 35.4 Å². The minimum absolute atomic E-state index is 0.0319. The zero-order valence-electron chi connectivity index (χ0n) is 12.6. The molecule has 0 fully saturated rings. The molecule has 1 rings (SSSR count). The molecular weight excluding hydrogens is 254 g/mol. The molecule has 5 heteroatoms. The Morgan fingerprint density at radius 1 is 1.20 bits per heavy atom. The number of likely N-dealkylation sites (N-methyl/N-ethyl adjacent to an activating group) is 1. The second kappa shape index (κ2) is 7.05. The molecule has 0 heterocycles. The van der Waals surface area contributed by atoms with Gasteiger partial charge in [-0.1, -0.05) is 12.1 Å². The molecule has 1 atom stereocenters. The Hall–Kier alpha value is -1.88. The molecule has 0 aliphatic carbocycles. The van der Waals surface area contributed by atoms with Gasteiger partial charge in [-0.3, -0.25) is 9.59 Å². The minimum Gasteiger partial charge on any atom is -0.345 e. The zero-order valence-corrected chi connectivity index (χ0v) is 12.6. The van der Waals surface area contributed by atoms with Gasteiger partial charge in [-0.15, -0.1) is 0 Å². The Bertz CT molecular complexity index is 467.